The topological polar surface area (TPSA) is 24.5 Å². The molecule has 106 valence electrons. The highest BCUT2D eigenvalue weighted by Crippen LogP contribution is 2.27. The summed E-state index contributed by atoms with van der Waals surface area (Å²) in [6.45, 7) is 11.0. The largest absolute Gasteiger partial charge is 0.374 e. The van der Waals surface area contributed by atoms with E-state index in [-0.39, 0.29) is 0 Å². The number of hydrogen-bond acceptors (Lipinski definition) is 3. The molecule has 0 aromatic heterocycles. The van der Waals surface area contributed by atoms with Gasteiger partial charge in [0.2, 0.25) is 0 Å². The van der Waals surface area contributed by atoms with Gasteiger partial charge in [-0.05, 0) is 39.5 Å². The molecule has 0 aromatic rings. The molecule has 1 heterocycles. The molecule has 3 nitrogen and oxygen atoms in total. The van der Waals surface area contributed by atoms with E-state index in [1.54, 1.807) is 0 Å². The molecule has 0 amide bonds. The fraction of sp³-hybridized carbons (Fsp3) is 1.00. The molecular formula is C15H30N2O. The van der Waals surface area contributed by atoms with E-state index < -0.39 is 0 Å². The number of nitrogens with zero attached hydrogens (tertiary/aromatic N) is 1. The molecule has 1 saturated heterocycles. The molecule has 0 aromatic carbocycles. The summed E-state index contributed by atoms with van der Waals surface area (Å²) in [5, 5.41) is 3.70. The van der Waals surface area contributed by atoms with Crippen molar-refractivity contribution in [1.29, 1.82) is 0 Å². The molecule has 1 saturated carbocycles. The molecule has 1 N–H and O–H groups in total. The summed E-state index contributed by atoms with van der Waals surface area (Å²) in [5.74, 6) is 0.898. The molecule has 1 unspecified atom stereocenters. The Bertz CT molecular complexity index is 239. The lowest BCUT2D eigenvalue weighted by atomic mass is 10.00. The molecule has 0 bridgehead atoms. The fourth-order valence-electron chi connectivity index (χ4n) is 3.28. The minimum absolute atomic E-state index is 0.380. The third kappa shape index (κ3) is 3.94. The summed E-state index contributed by atoms with van der Waals surface area (Å²) in [4.78, 5) is 2.52. The van der Waals surface area contributed by atoms with Crippen molar-refractivity contribution in [3.05, 3.63) is 0 Å². The van der Waals surface area contributed by atoms with E-state index in [9.17, 15) is 0 Å². The van der Waals surface area contributed by atoms with Crippen molar-refractivity contribution in [3.8, 4) is 0 Å². The van der Waals surface area contributed by atoms with Crippen LogP contribution in [-0.2, 0) is 4.74 Å². The van der Waals surface area contributed by atoms with Gasteiger partial charge in [0, 0.05) is 31.7 Å². The first-order chi connectivity index (χ1) is 8.66. The molecule has 1 aliphatic carbocycles. The van der Waals surface area contributed by atoms with Gasteiger partial charge in [0.1, 0.15) is 0 Å². The summed E-state index contributed by atoms with van der Waals surface area (Å²) in [6, 6.07) is 1.30. The average molecular weight is 254 g/mol. The van der Waals surface area contributed by atoms with E-state index in [0.717, 1.165) is 32.2 Å². The zero-order chi connectivity index (χ0) is 13.0. The highest BCUT2D eigenvalue weighted by Gasteiger charge is 2.25. The van der Waals surface area contributed by atoms with Gasteiger partial charge in [0.05, 0.1) is 12.7 Å². The maximum Gasteiger partial charge on any atom is 0.0826 e. The van der Waals surface area contributed by atoms with Crippen molar-refractivity contribution in [3.63, 3.8) is 0 Å². The van der Waals surface area contributed by atoms with Crippen molar-refractivity contribution in [2.24, 2.45) is 5.92 Å². The summed E-state index contributed by atoms with van der Waals surface area (Å²) in [5.41, 5.74) is 0. The average Bonchev–Trinajstić information content (AvgIpc) is 2.90. The van der Waals surface area contributed by atoms with E-state index in [1.165, 1.54) is 25.7 Å². The lowest BCUT2D eigenvalue weighted by Gasteiger charge is -2.36. The standard InChI is InChI=1S/C15H30N2O/c1-12(2)17-8-9-18-15(11-17)10-16-13(3)14-6-4-5-7-14/h12-16H,4-11H2,1-3H3/t13-,15?/m1/s1. The smallest absolute Gasteiger partial charge is 0.0826 e. The molecule has 18 heavy (non-hydrogen) atoms. The molecule has 2 atom stereocenters. The van der Waals surface area contributed by atoms with Crippen LogP contribution < -0.4 is 5.32 Å². The number of nitrogens with one attached hydrogen (secondary N) is 1. The Hall–Kier alpha value is -0.120. The Morgan fingerprint density at radius 2 is 1.94 bits per heavy atom. The third-order valence-electron chi connectivity index (χ3n) is 4.67. The summed E-state index contributed by atoms with van der Waals surface area (Å²) in [6.07, 6.45) is 6.07. The fourth-order valence-corrected chi connectivity index (χ4v) is 3.28. The third-order valence-corrected chi connectivity index (χ3v) is 4.67. The van der Waals surface area contributed by atoms with Crippen LogP contribution in [0.15, 0.2) is 0 Å². The van der Waals surface area contributed by atoms with Crippen LogP contribution in [-0.4, -0.2) is 49.3 Å². The predicted molar refractivity (Wildman–Crippen MR) is 75.9 cm³/mol. The van der Waals surface area contributed by atoms with Gasteiger partial charge in [0.25, 0.3) is 0 Å². The van der Waals surface area contributed by atoms with Gasteiger partial charge < -0.3 is 10.1 Å². The van der Waals surface area contributed by atoms with Crippen LogP contribution in [0, 0.1) is 5.92 Å². The molecule has 3 heteroatoms. The van der Waals surface area contributed by atoms with Crippen LogP contribution in [0.1, 0.15) is 46.5 Å². The molecule has 0 radical (unpaired) electrons. The second-order valence-electron chi connectivity index (χ2n) is 6.32. The van der Waals surface area contributed by atoms with Crippen molar-refractivity contribution in [1.82, 2.24) is 10.2 Å². The van der Waals surface area contributed by atoms with E-state index in [0.29, 0.717) is 18.2 Å². The predicted octanol–water partition coefficient (Wildman–Crippen LogP) is 2.26. The number of hydrogen-bond donors (Lipinski definition) is 1. The van der Waals surface area contributed by atoms with Crippen molar-refractivity contribution < 1.29 is 4.74 Å². The van der Waals surface area contributed by atoms with Gasteiger partial charge in [-0.2, -0.15) is 0 Å². The minimum atomic E-state index is 0.380. The monoisotopic (exact) mass is 254 g/mol. The van der Waals surface area contributed by atoms with Crippen LogP contribution >= 0.6 is 0 Å². The number of morpholine rings is 1. The molecular weight excluding hydrogens is 224 g/mol. The quantitative estimate of drug-likeness (QED) is 0.814. The Morgan fingerprint density at radius 3 is 2.61 bits per heavy atom. The zero-order valence-electron chi connectivity index (χ0n) is 12.3. The van der Waals surface area contributed by atoms with Crippen LogP contribution in [0.4, 0.5) is 0 Å². The summed E-state index contributed by atoms with van der Waals surface area (Å²) < 4.78 is 5.87. The SMILES string of the molecule is CC(C)N1CCOC(CN[C@H](C)C2CCCC2)C1. The number of rotatable bonds is 5. The Balaban J connectivity index is 1.69. The first kappa shape index (κ1) is 14.3. The second kappa shape index (κ2) is 6.88. The zero-order valence-corrected chi connectivity index (χ0v) is 12.3. The van der Waals surface area contributed by atoms with Gasteiger partial charge in [-0.1, -0.05) is 12.8 Å². The van der Waals surface area contributed by atoms with Gasteiger partial charge in [-0.25, -0.2) is 0 Å². The van der Waals surface area contributed by atoms with E-state index in [2.05, 4.69) is 31.0 Å². The van der Waals surface area contributed by atoms with Crippen LogP contribution in [0.25, 0.3) is 0 Å². The van der Waals surface area contributed by atoms with E-state index >= 15 is 0 Å². The Kier molecular flexibility index (Phi) is 5.46. The van der Waals surface area contributed by atoms with Gasteiger partial charge in [-0.3, -0.25) is 4.90 Å². The highest BCUT2D eigenvalue weighted by atomic mass is 16.5. The Morgan fingerprint density at radius 1 is 1.22 bits per heavy atom. The van der Waals surface area contributed by atoms with Gasteiger partial charge in [0.15, 0.2) is 0 Å². The van der Waals surface area contributed by atoms with Gasteiger partial charge >= 0.3 is 0 Å². The number of ether oxygens (including phenoxy) is 1. The van der Waals surface area contributed by atoms with E-state index in [4.69, 9.17) is 4.74 Å². The molecule has 2 aliphatic rings. The molecule has 2 fully saturated rings. The maximum atomic E-state index is 5.87. The van der Waals surface area contributed by atoms with Crippen LogP contribution in [0.5, 0.6) is 0 Å². The second-order valence-corrected chi connectivity index (χ2v) is 6.32. The normalized spacial score (nSPS) is 29.0. The van der Waals surface area contributed by atoms with Crippen molar-refractivity contribution in [2.75, 3.05) is 26.2 Å². The van der Waals surface area contributed by atoms with Crippen LogP contribution in [0.3, 0.4) is 0 Å². The van der Waals surface area contributed by atoms with Crippen molar-refractivity contribution in [2.45, 2.75) is 64.6 Å². The highest BCUT2D eigenvalue weighted by molar-refractivity contribution is 4.81. The molecule has 1 aliphatic heterocycles. The first-order valence-electron chi connectivity index (χ1n) is 7.76. The molecule has 2 rings (SSSR count). The van der Waals surface area contributed by atoms with Gasteiger partial charge in [-0.15, -0.1) is 0 Å². The Labute approximate surface area is 112 Å². The summed E-state index contributed by atoms with van der Waals surface area (Å²) in [7, 11) is 0. The summed E-state index contributed by atoms with van der Waals surface area (Å²) >= 11 is 0. The molecule has 0 spiro atoms. The van der Waals surface area contributed by atoms with E-state index in [1.807, 2.05) is 0 Å². The first-order valence-corrected chi connectivity index (χ1v) is 7.76. The minimum Gasteiger partial charge on any atom is -0.374 e. The lowest BCUT2D eigenvalue weighted by Crippen LogP contribution is -2.50. The van der Waals surface area contributed by atoms with Crippen LogP contribution in [0.2, 0.25) is 0 Å². The maximum absolute atomic E-state index is 5.87. The lowest BCUT2D eigenvalue weighted by molar-refractivity contribution is -0.0385. The van der Waals surface area contributed by atoms with Crippen molar-refractivity contribution >= 4 is 0 Å².